The second-order valence-corrected chi connectivity index (χ2v) is 3.88. The van der Waals surface area contributed by atoms with E-state index in [1.165, 1.54) is 0 Å². The fourth-order valence-corrected chi connectivity index (χ4v) is 1.86. The SMILES string of the molecule is N#CC1CCN(Cc2cnccn2)CC1. The van der Waals surface area contributed by atoms with Crippen molar-refractivity contribution in [3.63, 3.8) is 0 Å². The molecule has 2 rings (SSSR count). The third-order valence-electron chi connectivity index (χ3n) is 2.77. The van der Waals surface area contributed by atoms with E-state index < -0.39 is 0 Å². The topological polar surface area (TPSA) is 52.8 Å². The average Bonchev–Trinajstić information content (AvgIpc) is 2.31. The third-order valence-corrected chi connectivity index (χ3v) is 2.77. The molecule has 0 aromatic carbocycles. The monoisotopic (exact) mass is 202 g/mol. The summed E-state index contributed by atoms with van der Waals surface area (Å²) in [7, 11) is 0. The third kappa shape index (κ3) is 2.74. The highest BCUT2D eigenvalue weighted by molar-refractivity contribution is 4.96. The van der Waals surface area contributed by atoms with Crippen LogP contribution >= 0.6 is 0 Å². The summed E-state index contributed by atoms with van der Waals surface area (Å²) in [5.74, 6) is 0.253. The first-order valence-electron chi connectivity index (χ1n) is 5.25. The van der Waals surface area contributed by atoms with Crippen LogP contribution in [-0.2, 0) is 6.54 Å². The second-order valence-electron chi connectivity index (χ2n) is 3.88. The van der Waals surface area contributed by atoms with Gasteiger partial charge in [-0.25, -0.2) is 0 Å². The molecular formula is C11H14N4. The van der Waals surface area contributed by atoms with E-state index >= 15 is 0 Å². The minimum atomic E-state index is 0.253. The molecule has 0 N–H and O–H groups in total. The Balaban J connectivity index is 1.85. The molecule has 0 atom stereocenters. The van der Waals surface area contributed by atoms with Crippen LogP contribution in [0.4, 0.5) is 0 Å². The summed E-state index contributed by atoms with van der Waals surface area (Å²) in [6, 6.07) is 2.33. The smallest absolute Gasteiger partial charge is 0.0726 e. The van der Waals surface area contributed by atoms with Crippen molar-refractivity contribution in [2.75, 3.05) is 13.1 Å². The number of likely N-dealkylation sites (tertiary alicyclic amines) is 1. The van der Waals surface area contributed by atoms with Crippen molar-refractivity contribution < 1.29 is 0 Å². The first-order valence-corrected chi connectivity index (χ1v) is 5.25. The molecule has 1 saturated heterocycles. The highest BCUT2D eigenvalue weighted by atomic mass is 15.1. The molecule has 1 aliphatic heterocycles. The summed E-state index contributed by atoms with van der Waals surface area (Å²) in [5.41, 5.74) is 1.01. The molecule has 1 aromatic heterocycles. The lowest BCUT2D eigenvalue weighted by molar-refractivity contribution is 0.196. The zero-order chi connectivity index (χ0) is 10.5. The van der Waals surface area contributed by atoms with E-state index in [-0.39, 0.29) is 5.92 Å². The van der Waals surface area contributed by atoms with E-state index in [9.17, 15) is 0 Å². The molecule has 0 spiro atoms. The molecule has 0 amide bonds. The number of hydrogen-bond donors (Lipinski definition) is 0. The van der Waals surface area contributed by atoms with Gasteiger partial charge in [0.05, 0.1) is 11.8 Å². The van der Waals surface area contributed by atoms with Crippen molar-refractivity contribution in [1.82, 2.24) is 14.9 Å². The molecule has 78 valence electrons. The van der Waals surface area contributed by atoms with Gasteiger partial charge in [-0.05, 0) is 25.9 Å². The second kappa shape index (κ2) is 4.85. The van der Waals surface area contributed by atoms with E-state index in [1.807, 2.05) is 0 Å². The lowest BCUT2D eigenvalue weighted by atomic mass is 9.98. The Labute approximate surface area is 89.6 Å². The molecule has 0 bridgehead atoms. The Morgan fingerprint density at radius 1 is 1.40 bits per heavy atom. The normalized spacial score (nSPS) is 18.6. The van der Waals surface area contributed by atoms with E-state index in [0.29, 0.717) is 0 Å². The molecule has 2 heterocycles. The van der Waals surface area contributed by atoms with Gasteiger partial charge in [-0.2, -0.15) is 5.26 Å². The van der Waals surface area contributed by atoms with Gasteiger partial charge in [0.15, 0.2) is 0 Å². The van der Waals surface area contributed by atoms with Crippen molar-refractivity contribution >= 4 is 0 Å². The number of hydrogen-bond acceptors (Lipinski definition) is 4. The highest BCUT2D eigenvalue weighted by Gasteiger charge is 2.18. The molecule has 0 aliphatic carbocycles. The van der Waals surface area contributed by atoms with Crippen LogP contribution in [0.5, 0.6) is 0 Å². The maximum atomic E-state index is 8.78. The maximum absolute atomic E-state index is 8.78. The molecule has 4 heteroatoms. The number of nitriles is 1. The van der Waals surface area contributed by atoms with Gasteiger partial charge in [0.2, 0.25) is 0 Å². The Morgan fingerprint density at radius 3 is 2.80 bits per heavy atom. The van der Waals surface area contributed by atoms with Gasteiger partial charge in [-0.15, -0.1) is 0 Å². The van der Waals surface area contributed by atoms with Gasteiger partial charge < -0.3 is 0 Å². The molecule has 4 nitrogen and oxygen atoms in total. The standard InChI is InChI=1S/C11H14N4/c12-7-10-1-5-15(6-2-10)9-11-8-13-3-4-14-11/h3-4,8,10H,1-2,5-6,9H2. The van der Waals surface area contributed by atoms with Gasteiger partial charge in [-0.3, -0.25) is 14.9 Å². The summed E-state index contributed by atoms with van der Waals surface area (Å²) >= 11 is 0. The van der Waals surface area contributed by atoms with Crippen LogP contribution in [0.3, 0.4) is 0 Å². The average molecular weight is 202 g/mol. The van der Waals surface area contributed by atoms with Crippen LogP contribution in [0.1, 0.15) is 18.5 Å². The van der Waals surface area contributed by atoms with Crippen LogP contribution in [-0.4, -0.2) is 28.0 Å². The zero-order valence-corrected chi connectivity index (χ0v) is 8.63. The minimum absolute atomic E-state index is 0.253. The van der Waals surface area contributed by atoms with Crippen molar-refractivity contribution in [3.8, 4) is 6.07 Å². The Morgan fingerprint density at radius 2 is 2.20 bits per heavy atom. The highest BCUT2D eigenvalue weighted by Crippen LogP contribution is 2.17. The summed E-state index contributed by atoms with van der Waals surface area (Å²) in [4.78, 5) is 10.6. The Kier molecular flexibility index (Phi) is 3.25. The Hall–Kier alpha value is -1.47. The molecule has 0 saturated carbocycles. The van der Waals surface area contributed by atoms with Crippen molar-refractivity contribution in [2.24, 2.45) is 5.92 Å². The maximum Gasteiger partial charge on any atom is 0.0726 e. The van der Waals surface area contributed by atoms with Gasteiger partial charge in [-0.1, -0.05) is 0 Å². The first-order chi connectivity index (χ1) is 7.38. The molecule has 15 heavy (non-hydrogen) atoms. The van der Waals surface area contributed by atoms with Crippen LogP contribution in [0.25, 0.3) is 0 Å². The van der Waals surface area contributed by atoms with Gasteiger partial charge in [0.25, 0.3) is 0 Å². The molecular weight excluding hydrogens is 188 g/mol. The molecule has 1 aliphatic rings. The van der Waals surface area contributed by atoms with E-state index in [4.69, 9.17) is 5.26 Å². The van der Waals surface area contributed by atoms with Crippen molar-refractivity contribution in [1.29, 1.82) is 5.26 Å². The van der Waals surface area contributed by atoms with E-state index in [1.54, 1.807) is 18.6 Å². The van der Waals surface area contributed by atoms with Gasteiger partial charge in [0.1, 0.15) is 0 Å². The molecule has 1 aromatic rings. The molecule has 1 fully saturated rings. The van der Waals surface area contributed by atoms with Crippen LogP contribution < -0.4 is 0 Å². The summed E-state index contributed by atoms with van der Waals surface area (Å²) in [6.07, 6.45) is 7.17. The van der Waals surface area contributed by atoms with E-state index in [0.717, 1.165) is 38.2 Å². The van der Waals surface area contributed by atoms with Gasteiger partial charge in [0, 0.05) is 31.1 Å². The Bertz CT molecular complexity index is 335. The summed E-state index contributed by atoms with van der Waals surface area (Å²) in [6.45, 7) is 2.84. The summed E-state index contributed by atoms with van der Waals surface area (Å²) in [5, 5.41) is 8.78. The lowest BCUT2D eigenvalue weighted by Gasteiger charge is -2.28. The zero-order valence-electron chi connectivity index (χ0n) is 8.63. The van der Waals surface area contributed by atoms with Crippen LogP contribution in [0.2, 0.25) is 0 Å². The first kappa shape index (κ1) is 10.1. The fourth-order valence-electron chi connectivity index (χ4n) is 1.86. The van der Waals surface area contributed by atoms with Crippen molar-refractivity contribution in [2.45, 2.75) is 19.4 Å². The number of aromatic nitrogens is 2. The molecule has 0 radical (unpaired) electrons. The van der Waals surface area contributed by atoms with Crippen molar-refractivity contribution in [3.05, 3.63) is 24.3 Å². The quantitative estimate of drug-likeness (QED) is 0.723. The lowest BCUT2D eigenvalue weighted by Crippen LogP contribution is -2.33. The predicted octanol–water partition coefficient (Wildman–Crippen LogP) is 1.21. The van der Waals surface area contributed by atoms with E-state index in [2.05, 4.69) is 20.9 Å². The molecule has 0 unspecified atom stereocenters. The predicted molar refractivity (Wildman–Crippen MR) is 55.6 cm³/mol. The summed E-state index contributed by atoms with van der Waals surface area (Å²) < 4.78 is 0. The number of piperidine rings is 1. The number of rotatable bonds is 2. The minimum Gasteiger partial charge on any atom is -0.297 e. The van der Waals surface area contributed by atoms with Crippen LogP contribution in [0, 0.1) is 17.2 Å². The fraction of sp³-hybridized carbons (Fsp3) is 0.545. The van der Waals surface area contributed by atoms with Gasteiger partial charge >= 0.3 is 0 Å². The van der Waals surface area contributed by atoms with Crippen LogP contribution in [0.15, 0.2) is 18.6 Å². The largest absolute Gasteiger partial charge is 0.297 e. The number of nitrogens with zero attached hydrogens (tertiary/aromatic N) is 4.